The third-order valence-electron chi connectivity index (χ3n) is 4.13. The summed E-state index contributed by atoms with van der Waals surface area (Å²) in [4.78, 5) is 14.0. The van der Waals surface area contributed by atoms with E-state index in [-0.39, 0.29) is 6.03 Å². The van der Waals surface area contributed by atoms with E-state index in [1.165, 1.54) is 57.8 Å². The van der Waals surface area contributed by atoms with Gasteiger partial charge >= 0.3 is 6.03 Å². The molecule has 0 atom stereocenters. The summed E-state index contributed by atoms with van der Waals surface area (Å²) in [6, 6.07) is 1.08. The lowest BCUT2D eigenvalue weighted by atomic mass is 9.95. The molecule has 0 radical (unpaired) electrons. The third kappa shape index (κ3) is 2.89. The van der Waals surface area contributed by atoms with Gasteiger partial charge in [0.25, 0.3) is 0 Å². The van der Waals surface area contributed by atoms with Gasteiger partial charge < -0.3 is 10.2 Å². The number of rotatable bonds is 2. The van der Waals surface area contributed by atoms with Gasteiger partial charge in [-0.25, -0.2) is 4.79 Å². The van der Waals surface area contributed by atoms with Crippen LogP contribution in [0.25, 0.3) is 0 Å². The van der Waals surface area contributed by atoms with Crippen molar-refractivity contribution in [3.05, 3.63) is 0 Å². The van der Waals surface area contributed by atoms with Crippen molar-refractivity contribution >= 4 is 6.03 Å². The second-order valence-corrected chi connectivity index (χ2v) is 5.33. The Kier molecular flexibility index (Phi) is 4.08. The molecule has 0 unspecified atom stereocenters. The van der Waals surface area contributed by atoms with Crippen molar-refractivity contribution in [2.45, 2.75) is 69.9 Å². The van der Waals surface area contributed by atoms with Crippen LogP contribution in [0.4, 0.5) is 4.79 Å². The fourth-order valence-corrected chi connectivity index (χ4v) is 2.98. The van der Waals surface area contributed by atoms with Crippen LogP contribution in [0.5, 0.6) is 0 Å². The summed E-state index contributed by atoms with van der Waals surface area (Å²) in [5.41, 5.74) is 0. The summed E-state index contributed by atoms with van der Waals surface area (Å²) in [7, 11) is 1.96. The summed E-state index contributed by atoms with van der Waals surface area (Å²) >= 11 is 0. The van der Waals surface area contributed by atoms with E-state index in [1.54, 1.807) is 0 Å². The van der Waals surface area contributed by atoms with Crippen LogP contribution in [-0.2, 0) is 0 Å². The Hall–Kier alpha value is -0.730. The molecule has 0 aliphatic heterocycles. The van der Waals surface area contributed by atoms with Crippen LogP contribution >= 0.6 is 0 Å². The van der Waals surface area contributed by atoms with Gasteiger partial charge in [0.1, 0.15) is 0 Å². The number of hydrogen-bond acceptors (Lipinski definition) is 1. The maximum atomic E-state index is 12.0. The predicted octanol–water partition coefficient (Wildman–Crippen LogP) is 2.90. The van der Waals surface area contributed by atoms with Crippen LogP contribution in [0.15, 0.2) is 0 Å². The van der Waals surface area contributed by atoms with E-state index in [4.69, 9.17) is 0 Å². The molecular weight excluding hydrogens is 200 g/mol. The van der Waals surface area contributed by atoms with Gasteiger partial charge in [-0.3, -0.25) is 0 Å². The molecule has 16 heavy (non-hydrogen) atoms. The molecule has 0 aromatic heterocycles. The van der Waals surface area contributed by atoms with Gasteiger partial charge in [0.2, 0.25) is 0 Å². The number of carbonyl (C=O) groups excluding carboxylic acids is 1. The molecule has 2 amide bonds. The van der Waals surface area contributed by atoms with Gasteiger partial charge in [-0.1, -0.05) is 32.1 Å². The maximum absolute atomic E-state index is 12.0. The van der Waals surface area contributed by atoms with Crippen molar-refractivity contribution in [2.75, 3.05) is 7.05 Å². The van der Waals surface area contributed by atoms with Gasteiger partial charge in [0.05, 0.1) is 0 Å². The van der Waals surface area contributed by atoms with E-state index < -0.39 is 0 Å². The molecule has 92 valence electrons. The molecule has 0 heterocycles. The number of urea groups is 1. The van der Waals surface area contributed by atoms with Crippen LogP contribution < -0.4 is 5.32 Å². The average molecular weight is 224 g/mol. The summed E-state index contributed by atoms with van der Waals surface area (Å²) in [5, 5.41) is 3.16. The third-order valence-corrected chi connectivity index (χ3v) is 4.13. The second kappa shape index (κ2) is 5.55. The van der Waals surface area contributed by atoms with Crippen LogP contribution in [0.3, 0.4) is 0 Å². The quantitative estimate of drug-likeness (QED) is 0.768. The standard InChI is InChI=1S/C13H24N2O/c1-15(12-9-3-2-4-10-12)13(16)14-11-7-5-6-8-11/h11-12H,2-10H2,1H3,(H,14,16). The summed E-state index contributed by atoms with van der Waals surface area (Å²) in [6.07, 6.45) is 11.2. The smallest absolute Gasteiger partial charge is 0.317 e. The van der Waals surface area contributed by atoms with Crippen LogP contribution in [0, 0.1) is 0 Å². The first kappa shape index (κ1) is 11.7. The minimum Gasteiger partial charge on any atom is -0.335 e. The van der Waals surface area contributed by atoms with Gasteiger partial charge in [0, 0.05) is 19.1 Å². The number of amides is 2. The SMILES string of the molecule is CN(C(=O)NC1CCCC1)C1CCCCC1. The van der Waals surface area contributed by atoms with Crippen molar-refractivity contribution < 1.29 is 4.79 Å². The van der Waals surface area contributed by atoms with Gasteiger partial charge in [-0.2, -0.15) is 0 Å². The average Bonchev–Trinajstić information content (AvgIpc) is 2.82. The first-order valence-corrected chi connectivity index (χ1v) is 6.80. The molecule has 2 rings (SSSR count). The Balaban J connectivity index is 1.78. The highest BCUT2D eigenvalue weighted by Crippen LogP contribution is 2.22. The van der Waals surface area contributed by atoms with Gasteiger partial charge in [-0.15, -0.1) is 0 Å². The van der Waals surface area contributed by atoms with Gasteiger partial charge in [-0.05, 0) is 25.7 Å². The molecule has 0 spiro atoms. The van der Waals surface area contributed by atoms with Crippen molar-refractivity contribution in [1.82, 2.24) is 10.2 Å². The van der Waals surface area contributed by atoms with Crippen molar-refractivity contribution in [3.8, 4) is 0 Å². The number of nitrogens with zero attached hydrogens (tertiary/aromatic N) is 1. The Morgan fingerprint density at radius 1 is 1.00 bits per heavy atom. The van der Waals surface area contributed by atoms with E-state index in [0.717, 1.165) is 0 Å². The largest absolute Gasteiger partial charge is 0.335 e. The first-order chi connectivity index (χ1) is 7.77. The minimum absolute atomic E-state index is 0.152. The molecule has 0 aromatic rings. The van der Waals surface area contributed by atoms with E-state index >= 15 is 0 Å². The molecule has 2 fully saturated rings. The highest BCUT2D eigenvalue weighted by molar-refractivity contribution is 5.74. The van der Waals surface area contributed by atoms with Crippen LogP contribution in [0.1, 0.15) is 57.8 Å². The zero-order chi connectivity index (χ0) is 11.4. The lowest BCUT2D eigenvalue weighted by Gasteiger charge is -2.32. The van der Waals surface area contributed by atoms with E-state index in [2.05, 4.69) is 5.32 Å². The van der Waals surface area contributed by atoms with E-state index in [0.29, 0.717) is 12.1 Å². The Morgan fingerprint density at radius 3 is 2.19 bits per heavy atom. The van der Waals surface area contributed by atoms with E-state index in [1.807, 2.05) is 11.9 Å². The summed E-state index contributed by atoms with van der Waals surface area (Å²) < 4.78 is 0. The zero-order valence-corrected chi connectivity index (χ0v) is 10.4. The fraction of sp³-hybridized carbons (Fsp3) is 0.923. The molecule has 0 aromatic carbocycles. The molecule has 3 nitrogen and oxygen atoms in total. The molecular formula is C13H24N2O. The highest BCUT2D eigenvalue weighted by atomic mass is 16.2. The minimum atomic E-state index is 0.152. The normalized spacial score (nSPS) is 23.3. The molecule has 3 heteroatoms. The summed E-state index contributed by atoms with van der Waals surface area (Å²) in [6.45, 7) is 0. The van der Waals surface area contributed by atoms with E-state index in [9.17, 15) is 4.79 Å². The Morgan fingerprint density at radius 2 is 1.56 bits per heavy atom. The maximum Gasteiger partial charge on any atom is 0.317 e. The Labute approximate surface area is 98.6 Å². The first-order valence-electron chi connectivity index (χ1n) is 6.80. The lowest BCUT2D eigenvalue weighted by Crippen LogP contribution is -2.47. The van der Waals surface area contributed by atoms with Crippen molar-refractivity contribution in [2.24, 2.45) is 0 Å². The molecule has 2 saturated carbocycles. The fourth-order valence-electron chi connectivity index (χ4n) is 2.98. The van der Waals surface area contributed by atoms with Gasteiger partial charge in [0.15, 0.2) is 0 Å². The van der Waals surface area contributed by atoms with Crippen LogP contribution in [-0.4, -0.2) is 30.1 Å². The molecule has 2 aliphatic carbocycles. The molecule has 0 saturated heterocycles. The Bertz CT molecular complexity index is 230. The number of carbonyl (C=O) groups is 1. The molecule has 1 N–H and O–H groups in total. The van der Waals surface area contributed by atoms with Crippen molar-refractivity contribution in [3.63, 3.8) is 0 Å². The molecule has 0 bridgehead atoms. The molecule has 2 aliphatic rings. The second-order valence-electron chi connectivity index (χ2n) is 5.33. The monoisotopic (exact) mass is 224 g/mol. The topological polar surface area (TPSA) is 32.3 Å². The highest BCUT2D eigenvalue weighted by Gasteiger charge is 2.24. The zero-order valence-electron chi connectivity index (χ0n) is 10.4. The lowest BCUT2D eigenvalue weighted by molar-refractivity contribution is 0.170. The predicted molar refractivity (Wildman–Crippen MR) is 65.4 cm³/mol. The summed E-state index contributed by atoms with van der Waals surface area (Å²) in [5.74, 6) is 0. The number of nitrogens with one attached hydrogen (secondary N) is 1. The van der Waals surface area contributed by atoms with Crippen molar-refractivity contribution in [1.29, 1.82) is 0 Å². The van der Waals surface area contributed by atoms with Crippen LogP contribution in [0.2, 0.25) is 0 Å². The number of hydrogen-bond donors (Lipinski definition) is 1.